The zero-order valence-corrected chi connectivity index (χ0v) is 29.1. The van der Waals surface area contributed by atoms with E-state index in [-0.39, 0.29) is 38.3 Å². The van der Waals surface area contributed by atoms with E-state index in [1.54, 1.807) is 6.20 Å². The lowest BCUT2D eigenvalue weighted by molar-refractivity contribution is -0.126. The molecule has 0 radical (unpaired) electrons. The molecule has 6 atom stereocenters. The minimum atomic E-state index is -1.03. The molecule has 3 heterocycles. The van der Waals surface area contributed by atoms with E-state index < -0.39 is 47.8 Å². The Labute approximate surface area is 293 Å². The number of ether oxygens (including phenoxy) is 4. The van der Waals surface area contributed by atoms with E-state index in [1.807, 2.05) is 93.6 Å². The van der Waals surface area contributed by atoms with Crippen LogP contribution in [-0.4, -0.2) is 90.5 Å². The topological polar surface area (TPSA) is 149 Å². The molecule has 12 nitrogen and oxygen atoms in total. The number of carbonyl (C=O) groups excluding carboxylic acids is 3. The molecule has 1 aromatic heterocycles. The van der Waals surface area contributed by atoms with Gasteiger partial charge in [-0.15, -0.1) is 0 Å². The van der Waals surface area contributed by atoms with Gasteiger partial charge in [0.1, 0.15) is 12.1 Å². The van der Waals surface area contributed by atoms with Crippen LogP contribution in [0.1, 0.15) is 44.7 Å². The number of pyridine rings is 1. The lowest BCUT2D eigenvalue weighted by atomic mass is 9.85. The molecule has 2 aliphatic rings. The number of alkyl carbamates (subject to hydrolysis) is 1. The predicted molar refractivity (Wildman–Crippen MR) is 186 cm³/mol. The summed E-state index contributed by atoms with van der Waals surface area (Å²) in [6.07, 6.45) is -0.143. The molecule has 5 rings (SSSR count). The van der Waals surface area contributed by atoms with E-state index in [2.05, 4.69) is 15.6 Å². The van der Waals surface area contributed by atoms with Gasteiger partial charge in [-0.25, -0.2) is 9.59 Å². The highest BCUT2D eigenvalue weighted by Gasteiger charge is 2.44. The first kappa shape index (κ1) is 36.8. The number of aliphatic hydroxyl groups excluding tert-OH is 1. The first-order valence-corrected chi connectivity index (χ1v) is 17.1. The number of nitrogens with zero attached hydrogens (tertiary/aromatic N) is 2. The van der Waals surface area contributed by atoms with Crippen LogP contribution < -0.4 is 10.6 Å². The standard InChI is InChI=1S/C38H48N4O8/c1-38(2,3)33(41-36(45)47-4)34(44)40-28(20-25-13-15-27(16-14-25)31-12-8-9-18-39-31)21-29(43)23-42(22-26-10-6-5-7-11-26)37(46)50-32-24-49-35-30(32)17-19-48-35/h5-16,18,28-30,32-33,35,43H,17,19-24H2,1-4H3,(H,40,44)(H,41,45)/t28?,29?,30?,32-,33?,35?/m0/s1. The monoisotopic (exact) mass is 688 g/mol. The molecule has 50 heavy (non-hydrogen) atoms. The fourth-order valence-electron chi connectivity index (χ4n) is 6.38. The molecular weight excluding hydrogens is 640 g/mol. The van der Waals surface area contributed by atoms with Crippen molar-refractivity contribution < 1.29 is 38.4 Å². The quantitative estimate of drug-likeness (QED) is 0.233. The van der Waals surface area contributed by atoms with Crippen LogP contribution in [-0.2, 0) is 36.7 Å². The van der Waals surface area contributed by atoms with Gasteiger partial charge in [0.25, 0.3) is 0 Å². The number of fused-ring (bicyclic) bond motifs is 1. The van der Waals surface area contributed by atoms with Crippen molar-refractivity contribution in [2.75, 3.05) is 26.9 Å². The van der Waals surface area contributed by atoms with E-state index in [0.29, 0.717) is 13.0 Å². The van der Waals surface area contributed by atoms with Crippen LogP contribution in [0.3, 0.4) is 0 Å². The zero-order chi connectivity index (χ0) is 35.7. The maximum atomic E-state index is 13.7. The van der Waals surface area contributed by atoms with Crippen LogP contribution >= 0.6 is 0 Å². The van der Waals surface area contributed by atoms with Gasteiger partial charge in [-0.2, -0.15) is 0 Å². The number of nitrogens with one attached hydrogen (secondary N) is 2. The molecule has 0 spiro atoms. The molecule has 0 saturated carbocycles. The molecule has 0 aliphatic carbocycles. The van der Waals surface area contributed by atoms with Crippen LogP contribution in [0.25, 0.3) is 11.3 Å². The van der Waals surface area contributed by atoms with Crippen LogP contribution in [0.15, 0.2) is 79.0 Å². The average molecular weight is 689 g/mol. The molecule has 3 aromatic rings. The molecule has 2 aromatic carbocycles. The molecular formula is C38H48N4O8. The van der Waals surface area contributed by atoms with Gasteiger partial charge in [-0.05, 0) is 47.9 Å². The van der Waals surface area contributed by atoms with Crippen molar-refractivity contribution in [3.8, 4) is 11.3 Å². The van der Waals surface area contributed by atoms with Crippen molar-refractivity contribution in [3.05, 3.63) is 90.1 Å². The summed E-state index contributed by atoms with van der Waals surface area (Å²) in [7, 11) is 1.24. The van der Waals surface area contributed by atoms with E-state index in [4.69, 9.17) is 18.9 Å². The summed E-state index contributed by atoms with van der Waals surface area (Å²) in [6.45, 7) is 6.52. The average Bonchev–Trinajstić information content (AvgIpc) is 3.72. The highest BCUT2D eigenvalue weighted by molar-refractivity contribution is 5.86. The fourth-order valence-corrected chi connectivity index (χ4v) is 6.38. The van der Waals surface area contributed by atoms with Crippen molar-refractivity contribution in [1.82, 2.24) is 20.5 Å². The molecule has 3 N–H and O–H groups in total. The van der Waals surface area contributed by atoms with Crippen molar-refractivity contribution >= 4 is 18.1 Å². The number of aliphatic hydroxyl groups is 1. The summed E-state index contributed by atoms with van der Waals surface area (Å²) >= 11 is 0. The second-order valence-electron chi connectivity index (χ2n) is 14.0. The van der Waals surface area contributed by atoms with Gasteiger partial charge in [0.05, 0.1) is 44.6 Å². The van der Waals surface area contributed by atoms with Gasteiger partial charge < -0.3 is 39.6 Å². The molecule has 3 amide bonds. The summed E-state index contributed by atoms with van der Waals surface area (Å²) < 4.78 is 22.0. The molecule has 0 bridgehead atoms. The lowest BCUT2D eigenvalue weighted by Crippen LogP contribution is -2.56. The van der Waals surface area contributed by atoms with Gasteiger partial charge in [0.2, 0.25) is 5.91 Å². The van der Waals surface area contributed by atoms with Gasteiger partial charge in [0, 0.05) is 24.3 Å². The molecule has 2 aliphatic heterocycles. The molecule has 268 valence electrons. The van der Waals surface area contributed by atoms with Crippen LogP contribution in [0.2, 0.25) is 0 Å². The third kappa shape index (κ3) is 10.0. The largest absolute Gasteiger partial charge is 0.453 e. The highest BCUT2D eigenvalue weighted by atomic mass is 16.7. The van der Waals surface area contributed by atoms with Crippen LogP contribution in [0.4, 0.5) is 9.59 Å². The summed E-state index contributed by atoms with van der Waals surface area (Å²) in [4.78, 5) is 45.5. The van der Waals surface area contributed by atoms with E-state index in [9.17, 15) is 19.5 Å². The van der Waals surface area contributed by atoms with Crippen molar-refractivity contribution in [2.45, 2.75) is 77.2 Å². The van der Waals surface area contributed by atoms with E-state index >= 15 is 0 Å². The van der Waals surface area contributed by atoms with E-state index in [0.717, 1.165) is 28.8 Å². The Bertz CT molecular complexity index is 1550. The second kappa shape index (κ2) is 16.9. The molecule has 5 unspecified atom stereocenters. The number of amides is 3. The SMILES string of the molecule is COC(=O)NC(C(=O)NC(Cc1ccc(-c2ccccn2)cc1)CC(O)CN(Cc1ccccc1)C(=O)O[C@H]1COC2OCCC21)C(C)(C)C. The summed E-state index contributed by atoms with van der Waals surface area (Å²) in [6, 6.07) is 21.6. The highest BCUT2D eigenvalue weighted by Crippen LogP contribution is 2.33. The first-order chi connectivity index (χ1) is 24.0. The Kier molecular flexibility index (Phi) is 12.4. The van der Waals surface area contributed by atoms with E-state index in [1.165, 1.54) is 12.0 Å². The van der Waals surface area contributed by atoms with Crippen molar-refractivity contribution in [1.29, 1.82) is 0 Å². The molecule has 2 fully saturated rings. The Hall–Kier alpha value is -4.52. The van der Waals surface area contributed by atoms with Crippen LogP contribution in [0, 0.1) is 11.3 Å². The third-order valence-corrected chi connectivity index (χ3v) is 9.02. The Morgan fingerprint density at radius 3 is 2.40 bits per heavy atom. The van der Waals surface area contributed by atoms with Gasteiger partial charge >= 0.3 is 12.2 Å². The number of rotatable bonds is 13. The van der Waals surface area contributed by atoms with Crippen LogP contribution in [0.5, 0.6) is 0 Å². The smallest absolute Gasteiger partial charge is 0.410 e. The van der Waals surface area contributed by atoms with Gasteiger partial charge in [-0.3, -0.25) is 9.78 Å². The third-order valence-electron chi connectivity index (χ3n) is 9.02. The number of carbonyl (C=O) groups is 3. The summed E-state index contributed by atoms with van der Waals surface area (Å²) in [5.41, 5.74) is 2.94. The normalized spacial score (nSPS) is 20.2. The van der Waals surface area contributed by atoms with Crippen molar-refractivity contribution in [2.24, 2.45) is 11.3 Å². The minimum Gasteiger partial charge on any atom is -0.453 e. The summed E-state index contributed by atoms with van der Waals surface area (Å²) in [5, 5.41) is 17.3. The Morgan fingerprint density at radius 2 is 1.72 bits per heavy atom. The number of methoxy groups -OCH3 is 1. The number of hydrogen-bond acceptors (Lipinski definition) is 9. The zero-order valence-electron chi connectivity index (χ0n) is 29.1. The molecule has 12 heteroatoms. The second-order valence-corrected chi connectivity index (χ2v) is 14.0. The maximum Gasteiger partial charge on any atom is 0.410 e. The summed E-state index contributed by atoms with van der Waals surface area (Å²) in [5.74, 6) is -0.444. The first-order valence-electron chi connectivity index (χ1n) is 17.1. The van der Waals surface area contributed by atoms with Gasteiger partial charge in [0.15, 0.2) is 6.29 Å². The Morgan fingerprint density at radius 1 is 0.980 bits per heavy atom. The van der Waals surface area contributed by atoms with Gasteiger partial charge in [-0.1, -0.05) is 81.4 Å². The maximum absolute atomic E-state index is 13.7. The number of aromatic nitrogens is 1. The number of benzene rings is 2. The predicted octanol–water partition coefficient (Wildman–Crippen LogP) is 4.70. The lowest BCUT2D eigenvalue weighted by Gasteiger charge is -2.32. The minimum absolute atomic E-state index is 0.0273. The van der Waals surface area contributed by atoms with Crippen molar-refractivity contribution in [3.63, 3.8) is 0 Å². The molecule has 2 saturated heterocycles. The number of hydrogen-bond donors (Lipinski definition) is 3. The Balaban J connectivity index is 1.33. The fraction of sp³-hybridized carbons (Fsp3) is 0.474.